The van der Waals surface area contributed by atoms with Gasteiger partial charge < -0.3 is 4.74 Å². The molecule has 21 heavy (non-hydrogen) atoms. The first kappa shape index (κ1) is 15.8. The lowest BCUT2D eigenvalue weighted by atomic mass is 10.1. The van der Waals surface area contributed by atoms with E-state index in [1.807, 2.05) is 38.1 Å². The van der Waals surface area contributed by atoms with Crippen LogP contribution in [-0.4, -0.2) is 32.9 Å². The SMILES string of the molecule is CCC(C)N(C)S(=O)(=O)c1ccc(OC)c2ccccc12. The molecule has 0 N–H and O–H groups in total. The van der Waals surface area contributed by atoms with Gasteiger partial charge in [-0.15, -0.1) is 0 Å². The Labute approximate surface area is 126 Å². The molecule has 0 spiro atoms. The van der Waals surface area contributed by atoms with Crippen LogP contribution in [0.15, 0.2) is 41.3 Å². The quantitative estimate of drug-likeness (QED) is 0.851. The van der Waals surface area contributed by atoms with Crippen LogP contribution in [0.3, 0.4) is 0 Å². The Morgan fingerprint density at radius 2 is 1.76 bits per heavy atom. The number of hydrogen-bond donors (Lipinski definition) is 0. The van der Waals surface area contributed by atoms with E-state index >= 15 is 0 Å². The van der Waals surface area contributed by atoms with Gasteiger partial charge in [0.2, 0.25) is 10.0 Å². The lowest BCUT2D eigenvalue weighted by Crippen LogP contribution is -2.34. The number of benzene rings is 2. The standard InChI is InChI=1S/C16H21NO3S/c1-5-12(2)17(3)21(18,19)16-11-10-15(20-4)13-8-6-7-9-14(13)16/h6-12H,5H2,1-4H3. The highest BCUT2D eigenvalue weighted by molar-refractivity contribution is 7.89. The number of fused-ring (bicyclic) bond motifs is 1. The van der Waals surface area contributed by atoms with Crippen molar-refractivity contribution in [2.75, 3.05) is 14.2 Å². The van der Waals surface area contributed by atoms with Gasteiger partial charge >= 0.3 is 0 Å². The Bertz CT molecular complexity index is 740. The summed E-state index contributed by atoms with van der Waals surface area (Å²) in [4.78, 5) is 0.321. The average Bonchev–Trinajstić information content (AvgIpc) is 2.51. The first-order valence-corrected chi connectivity index (χ1v) is 8.41. The molecule has 114 valence electrons. The summed E-state index contributed by atoms with van der Waals surface area (Å²) in [5, 5.41) is 1.49. The Kier molecular flexibility index (Phi) is 4.54. The van der Waals surface area contributed by atoms with Crippen molar-refractivity contribution in [1.29, 1.82) is 0 Å². The third-order valence-corrected chi connectivity index (χ3v) is 5.96. The molecule has 4 nitrogen and oxygen atoms in total. The fourth-order valence-corrected chi connectivity index (χ4v) is 3.92. The maximum absolute atomic E-state index is 12.8. The molecular formula is C16H21NO3S. The van der Waals surface area contributed by atoms with Gasteiger partial charge in [-0.05, 0) is 25.5 Å². The van der Waals surface area contributed by atoms with Gasteiger partial charge in [0.25, 0.3) is 0 Å². The smallest absolute Gasteiger partial charge is 0.243 e. The number of nitrogens with zero attached hydrogens (tertiary/aromatic N) is 1. The van der Waals surface area contributed by atoms with Crippen LogP contribution in [0.4, 0.5) is 0 Å². The van der Waals surface area contributed by atoms with Crippen LogP contribution >= 0.6 is 0 Å². The zero-order chi connectivity index (χ0) is 15.6. The highest BCUT2D eigenvalue weighted by Gasteiger charge is 2.26. The fourth-order valence-electron chi connectivity index (χ4n) is 2.30. The molecule has 5 heteroatoms. The lowest BCUT2D eigenvalue weighted by molar-refractivity contribution is 0.381. The average molecular weight is 307 g/mol. The highest BCUT2D eigenvalue weighted by atomic mass is 32.2. The number of sulfonamides is 1. The molecule has 0 aliphatic rings. The van der Waals surface area contributed by atoms with Crippen LogP contribution in [0.2, 0.25) is 0 Å². The highest BCUT2D eigenvalue weighted by Crippen LogP contribution is 2.32. The van der Waals surface area contributed by atoms with Gasteiger partial charge in [-0.3, -0.25) is 0 Å². The van der Waals surface area contributed by atoms with E-state index in [0.29, 0.717) is 16.0 Å². The summed E-state index contributed by atoms with van der Waals surface area (Å²) in [6.45, 7) is 3.88. The molecule has 0 aromatic heterocycles. The molecule has 1 unspecified atom stereocenters. The van der Waals surface area contributed by atoms with Gasteiger partial charge in [-0.1, -0.05) is 31.2 Å². The second-order valence-corrected chi connectivity index (χ2v) is 7.06. The third-order valence-electron chi connectivity index (χ3n) is 3.93. The summed E-state index contributed by atoms with van der Waals surface area (Å²) in [5.41, 5.74) is 0. The largest absolute Gasteiger partial charge is 0.496 e. The van der Waals surface area contributed by atoms with Crippen LogP contribution in [-0.2, 0) is 10.0 Å². The van der Waals surface area contributed by atoms with Gasteiger partial charge in [0.15, 0.2) is 0 Å². The summed E-state index contributed by atoms with van der Waals surface area (Å²) in [7, 11) is -0.312. The molecule has 0 heterocycles. The van der Waals surface area contributed by atoms with Gasteiger partial charge in [0, 0.05) is 23.9 Å². The molecule has 0 aliphatic carbocycles. The molecule has 0 saturated heterocycles. The maximum Gasteiger partial charge on any atom is 0.243 e. The Morgan fingerprint density at radius 3 is 2.33 bits per heavy atom. The van der Waals surface area contributed by atoms with E-state index < -0.39 is 10.0 Å². The molecule has 2 rings (SSSR count). The van der Waals surface area contributed by atoms with Crippen molar-refractivity contribution < 1.29 is 13.2 Å². The van der Waals surface area contributed by atoms with Crippen LogP contribution < -0.4 is 4.74 Å². The van der Waals surface area contributed by atoms with E-state index in [1.165, 1.54) is 4.31 Å². The summed E-state index contributed by atoms with van der Waals surface area (Å²) in [5.74, 6) is 0.677. The zero-order valence-corrected chi connectivity index (χ0v) is 13.6. The van der Waals surface area contributed by atoms with E-state index in [2.05, 4.69) is 0 Å². The minimum Gasteiger partial charge on any atom is -0.496 e. The Hall–Kier alpha value is -1.59. The summed E-state index contributed by atoms with van der Waals surface area (Å²) >= 11 is 0. The second kappa shape index (κ2) is 6.03. The monoisotopic (exact) mass is 307 g/mol. The summed E-state index contributed by atoms with van der Waals surface area (Å²) < 4.78 is 32.4. The lowest BCUT2D eigenvalue weighted by Gasteiger charge is -2.24. The maximum atomic E-state index is 12.8. The summed E-state index contributed by atoms with van der Waals surface area (Å²) in [6, 6.07) is 10.7. The number of hydrogen-bond acceptors (Lipinski definition) is 3. The van der Waals surface area contributed by atoms with E-state index in [9.17, 15) is 8.42 Å². The molecule has 0 radical (unpaired) electrons. The van der Waals surface area contributed by atoms with E-state index in [1.54, 1.807) is 26.3 Å². The number of methoxy groups -OCH3 is 1. The van der Waals surface area contributed by atoms with Crippen molar-refractivity contribution >= 4 is 20.8 Å². The molecular weight excluding hydrogens is 286 g/mol. The van der Waals surface area contributed by atoms with Crippen LogP contribution in [0.25, 0.3) is 10.8 Å². The predicted molar refractivity (Wildman–Crippen MR) is 85.2 cm³/mol. The number of ether oxygens (including phenoxy) is 1. The zero-order valence-electron chi connectivity index (χ0n) is 12.8. The summed E-state index contributed by atoms with van der Waals surface area (Å²) in [6.07, 6.45) is 0.768. The van der Waals surface area contributed by atoms with Crippen LogP contribution in [0.5, 0.6) is 5.75 Å². The topological polar surface area (TPSA) is 46.6 Å². The molecule has 0 aliphatic heterocycles. The van der Waals surface area contributed by atoms with Crippen molar-refractivity contribution in [2.45, 2.75) is 31.2 Å². The molecule has 0 saturated carbocycles. The van der Waals surface area contributed by atoms with Crippen molar-refractivity contribution in [3.63, 3.8) is 0 Å². The van der Waals surface area contributed by atoms with Gasteiger partial charge in [0.05, 0.1) is 12.0 Å². The molecule has 0 bridgehead atoms. The van der Waals surface area contributed by atoms with Crippen LogP contribution in [0.1, 0.15) is 20.3 Å². The minimum atomic E-state index is -3.52. The van der Waals surface area contributed by atoms with Crippen molar-refractivity contribution in [3.8, 4) is 5.75 Å². The second-order valence-electron chi connectivity index (χ2n) is 5.09. The van der Waals surface area contributed by atoms with Gasteiger partial charge in [-0.25, -0.2) is 8.42 Å². The molecule has 2 aromatic rings. The van der Waals surface area contributed by atoms with Gasteiger partial charge in [0.1, 0.15) is 5.75 Å². The van der Waals surface area contributed by atoms with E-state index in [0.717, 1.165) is 11.8 Å². The first-order chi connectivity index (χ1) is 9.93. The fraction of sp³-hybridized carbons (Fsp3) is 0.375. The normalized spacial score (nSPS) is 13.6. The van der Waals surface area contributed by atoms with Crippen molar-refractivity contribution in [2.24, 2.45) is 0 Å². The van der Waals surface area contributed by atoms with Crippen LogP contribution in [0, 0.1) is 0 Å². The molecule has 1 atom stereocenters. The van der Waals surface area contributed by atoms with Crippen molar-refractivity contribution in [1.82, 2.24) is 4.31 Å². The Balaban J connectivity index is 2.68. The van der Waals surface area contributed by atoms with E-state index in [-0.39, 0.29) is 6.04 Å². The van der Waals surface area contributed by atoms with Crippen molar-refractivity contribution in [3.05, 3.63) is 36.4 Å². The Morgan fingerprint density at radius 1 is 1.14 bits per heavy atom. The van der Waals surface area contributed by atoms with Gasteiger partial charge in [-0.2, -0.15) is 4.31 Å². The number of rotatable bonds is 5. The predicted octanol–water partition coefficient (Wildman–Crippen LogP) is 3.27. The minimum absolute atomic E-state index is 0.0455. The van der Waals surface area contributed by atoms with E-state index in [4.69, 9.17) is 4.74 Å². The molecule has 0 amide bonds. The molecule has 2 aromatic carbocycles. The third kappa shape index (κ3) is 2.76. The molecule has 0 fully saturated rings. The first-order valence-electron chi connectivity index (χ1n) is 6.97.